The van der Waals surface area contributed by atoms with E-state index in [-0.39, 0.29) is 13.2 Å². The molecule has 0 N–H and O–H groups in total. The first kappa shape index (κ1) is 12.5. The van der Waals surface area contributed by atoms with Gasteiger partial charge in [-0.05, 0) is 12.1 Å². The number of benzene rings is 1. The first-order chi connectivity index (χ1) is 8.31. The number of rotatable bonds is 6. The second-order valence-corrected chi connectivity index (χ2v) is 2.81. The molecule has 0 bridgehead atoms. The number of hydrogen-bond acceptors (Lipinski definition) is 4. The molecule has 0 atom stereocenters. The first-order valence-electron chi connectivity index (χ1n) is 4.68. The second-order valence-electron chi connectivity index (χ2n) is 2.81. The summed E-state index contributed by atoms with van der Waals surface area (Å²) in [5.74, 6) is 5.80. The quantitative estimate of drug-likeness (QED) is 0.545. The zero-order chi connectivity index (χ0) is 12.5. The summed E-state index contributed by atoms with van der Waals surface area (Å²) in [6.07, 6.45) is 10.2. The van der Waals surface area contributed by atoms with E-state index in [1.165, 1.54) is 6.07 Å². The molecule has 0 aliphatic carbocycles. The molecule has 0 aliphatic rings. The summed E-state index contributed by atoms with van der Waals surface area (Å²) in [6, 6.07) is 4.64. The van der Waals surface area contributed by atoms with Crippen LogP contribution >= 0.6 is 0 Å². The highest BCUT2D eigenvalue weighted by Gasteiger charge is 2.07. The van der Waals surface area contributed by atoms with Crippen LogP contribution in [-0.2, 0) is 4.79 Å². The molecule has 0 aliphatic heterocycles. The maximum atomic E-state index is 10.2. The van der Waals surface area contributed by atoms with E-state index in [1.807, 2.05) is 0 Å². The third-order valence-corrected chi connectivity index (χ3v) is 1.72. The summed E-state index contributed by atoms with van der Waals surface area (Å²) >= 11 is 0. The van der Waals surface area contributed by atoms with E-state index in [2.05, 4.69) is 16.6 Å². The smallest absolute Gasteiger partial charge is 0.298 e. The van der Waals surface area contributed by atoms with Gasteiger partial charge in [-0.1, -0.05) is 11.8 Å². The van der Waals surface area contributed by atoms with Crippen molar-refractivity contribution in [2.75, 3.05) is 13.2 Å². The molecule has 1 aromatic rings. The van der Waals surface area contributed by atoms with Crippen LogP contribution in [0.2, 0.25) is 0 Å². The van der Waals surface area contributed by atoms with Crippen LogP contribution in [0.15, 0.2) is 18.2 Å². The first-order valence-corrected chi connectivity index (χ1v) is 4.68. The zero-order valence-corrected chi connectivity index (χ0v) is 9.01. The van der Waals surface area contributed by atoms with Gasteiger partial charge < -0.3 is 14.2 Å². The van der Waals surface area contributed by atoms with E-state index in [9.17, 15) is 4.79 Å². The lowest BCUT2D eigenvalue weighted by atomic mass is 10.3. The van der Waals surface area contributed by atoms with Gasteiger partial charge in [-0.15, -0.1) is 12.8 Å². The second kappa shape index (κ2) is 6.81. The molecule has 0 fully saturated rings. The van der Waals surface area contributed by atoms with Crippen molar-refractivity contribution in [3.05, 3.63) is 18.2 Å². The SMILES string of the molecule is C#CCOc1ccc(OC=O)cc1OCC#C. The molecule has 0 saturated heterocycles. The van der Waals surface area contributed by atoms with Crippen molar-refractivity contribution in [2.24, 2.45) is 0 Å². The number of hydrogen-bond donors (Lipinski definition) is 0. The lowest BCUT2D eigenvalue weighted by Crippen LogP contribution is -2.00. The Morgan fingerprint density at radius 1 is 1.12 bits per heavy atom. The van der Waals surface area contributed by atoms with Crippen molar-refractivity contribution in [1.82, 2.24) is 0 Å². The summed E-state index contributed by atoms with van der Waals surface area (Å²) < 4.78 is 15.2. The van der Waals surface area contributed by atoms with Crippen LogP contribution in [0, 0.1) is 24.7 Å². The lowest BCUT2D eigenvalue weighted by Gasteiger charge is -2.10. The van der Waals surface area contributed by atoms with Crippen LogP contribution < -0.4 is 14.2 Å². The molecule has 0 saturated carbocycles. The lowest BCUT2D eigenvalue weighted by molar-refractivity contribution is -0.120. The average molecular weight is 230 g/mol. The molecule has 0 spiro atoms. The standard InChI is InChI=1S/C13H10O4/c1-3-7-15-12-6-5-11(17-10-14)9-13(12)16-8-4-2/h1-2,5-6,9-10H,7-8H2. The Labute approximate surface area is 99.5 Å². The predicted octanol–water partition coefficient (Wildman–Crippen LogP) is 1.25. The minimum absolute atomic E-state index is 0.0803. The molecular formula is C13H10O4. The summed E-state index contributed by atoms with van der Waals surface area (Å²) in [7, 11) is 0. The molecule has 4 heteroatoms. The van der Waals surface area contributed by atoms with Gasteiger partial charge in [0.15, 0.2) is 11.5 Å². The highest BCUT2D eigenvalue weighted by atomic mass is 16.5. The number of carbonyl (C=O) groups is 1. The van der Waals surface area contributed by atoms with Crippen LogP contribution in [-0.4, -0.2) is 19.7 Å². The van der Waals surface area contributed by atoms with Gasteiger partial charge in [-0.25, -0.2) is 0 Å². The van der Waals surface area contributed by atoms with Crippen molar-refractivity contribution >= 4 is 6.47 Å². The maximum absolute atomic E-state index is 10.2. The van der Waals surface area contributed by atoms with E-state index >= 15 is 0 Å². The Hall–Kier alpha value is -2.59. The molecule has 0 aromatic heterocycles. The molecular weight excluding hydrogens is 220 g/mol. The zero-order valence-electron chi connectivity index (χ0n) is 9.01. The van der Waals surface area contributed by atoms with Gasteiger partial charge in [0.05, 0.1) is 0 Å². The van der Waals surface area contributed by atoms with Crippen molar-refractivity contribution in [1.29, 1.82) is 0 Å². The molecule has 86 valence electrons. The van der Waals surface area contributed by atoms with Crippen LogP contribution in [0.4, 0.5) is 0 Å². The average Bonchev–Trinajstić information content (AvgIpc) is 2.35. The fourth-order valence-electron chi connectivity index (χ4n) is 1.09. The van der Waals surface area contributed by atoms with Crippen LogP contribution in [0.5, 0.6) is 17.2 Å². The third kappa shape index (κ3) is 3.81. The molecule has 4 nitrogen and oxygen atoms in total. The summed E-state index contributed by atoms with van der Waals surface area (Å²) in [4.78, 5) is 10.2. The molecule has 17 heavy (non-hydrogen) atoms. The van der Waals surface area contributed by atoms with Gasteiger partial charge in [0.1, 0.15) is 19.0 Å². The summed E-state index contributed by atoms with van der Waals surface area (Å²) in [5, 5.41) is 0. The monoisotopic (exact) mass is 230 g/mol. The highest BCUT2D eigenvalue weighted by molar-refractivity contribution is 5.51. The fourth-order valence-corrected chi connectivity index (χ4v) is 1.09. The van der Waals surface area contributed by atoms with Crippen LogP contribution in [0.1, 0.15) is 0 Å². The topological polar surface area (TPSA) is 44.8 Å². The minimum Gasteiger partial charge on any atom is -0.477 e. The Kier molecular flexibility index (Phi) is 5.00. The van der Waals surface area contributed by atoms with E-state index in [0.29, 0.717) is 23.7 Å². The van der Waals surface area contributed by atoms with E-state index in [1.54, 1.807) is 12.1 Å². The van der Waals surface area contributed by atoms with E-state index < -0.39 is 0 Å². The van der Waals surface area contributed by atoms with Gasteiger partial charge >= 0.3 is 0 Å². The minimum atomic E-state index is 0.0803. The number of carbonyl (C=O) groups excluding carboxylic acids is 1. The van der Waals surface area contributed by atoms with Crippen molar-refractivity contribution in [3.8, 4) is 41.9 Å². The van der Waals surface area contributed by atoms with E-state index in [4.69, 9.17) is 22.3 Å². The number of ether oxygens (including phenoxy) is 3. The third-order valence-electron chi connectivity index (χ3n) is 1.72. The van der Waals surface area contributed by atoms with Crippen molar-refractivity contribution in [2.45, 2.75) is 0 Å². The van der Waals surface area contributed by atoms with Gasteiger partial charge in [0.2, 0.25) is 0 Å². The Morgan fingerprint density at radius 3 is 2.35 bits per heavy atom. The molecule has 0 radical (unpaired) electrons. The van der Waals surface area contributed by atoms with Gasteiger partial charge in [0, 0.05) is 6.07 Å². The van der Waals surface area contributed by atoms with Gasteiger partial charge in [0.25, 0.3) is 6.47 Å². The van der Waals surface area contributed by atoms with Gasteiger partial charge in [-0.2, -0.15) is 0 Å². The largest absolute Gasteiger partial charge is 0.477 e. The predicted molar refractivity (Wildman–Crippen MR) is 61.8 cm³/mol. The molecule has 1 rings (SSSR count). The molecule has 1 aromatic carbocycles. The Morgan fingerprint density at radius 2 is 1.76 bits per heavy atom. The molecule has 0 heterocycles. The normalized spacial score (nSPS) is 8.59. The Bertz CT molecular complexity index is 465. The van der Waals surface area contributed by atoms with Crippen LogP contribution in [0.3, 0.4) is 0 Å². The maximum Gasteiger partial charge on any atom is 0.298 e. The highest BCUT2D eigenvalue weighted by Crippen LogP contribution is 2.31. The molecule has 0 amide bonds. The van der Waals surface area contributed by atoms with Crippen molar-refractivity contribution < 1.29 is 19.0 Å². The van der Waals surface area contributed by atoms with E-state index in [0.717, 1.165) is 0 Å². The van der Waals surface area contributed by atoms with Gasteiger partial charge in [-0.3, -0.25) is 4.79 Å². The van der Waals surface area contributed by atoms with Crippen LogP contribution in [0.25, 0.3) is 0 Å². The van der Waals surface area contributed by atoms with Crippen molar-refractivity contribution in [3.63, 3.8) is 0 Å². The fraction of sp³-hybridized carbons (Fsp3) is 0.154. The summed E-state index contributed by atoms with van der Waals surface area (Å²) in [5.41, 5.74) is 0. The number of terminal acetylenes is 2. The Balaban J connectivity index is 2.91. The summed E-state index contributed by atoms with van der Waals surface area (Å²) in [6.45, 7) is 0.513. The molecule has 0 unspecified atom stereocenters.